The Bertz CT molecular complexity index is 685. The van der Waals surface area contributed by atoms with Crippen LogP contribution in [0.1, 0.15) is 17.5 Å². The molecule has 2 aromatic rings. The molecule has 0 aliphatic carbocycles. The number of aryl methyl sites for hydroxylation is 2. The summed E-state index contributed by atoms with van der Waals surface area (Å²) >= 11 is 2.59. The van der Waals surface area contributed by atoms with Crippen LogP contribution in [0, 0.1) is 13.8 Å². The summed E-state index contributed by atoms with van der Waals surface area (Å²) in [4.78, 5) is 23.9. The number of aromatic nitrogens is 2. The van der Waals surface area contributed by atoms with Crippen LogP contribution < -0.4 is 10.6 Å². The lowest BCUT2D eigenvalue weighted by atomic mass is 10.2. The molecule has 0 bridgehead atoms. The molecule has 0 aliphatic rings. The quantitative estimate of drug-likeness (QED) is 0.837. The van der Waals surface area contributed by atoms with E-state index in [9.17, 15) is 9.59 Å². The molecule has 122 valence electrons. The van der Waals surface area contributed by atoms with Crippen LogP contribution in [0.15, 0.2) is 24.3 Å². The van der Waals surface area contributed by atoms with Gasteiger partial charge in [0.05, 0.1) is 11.0 Å². The zero-order valence-corrected chi connectivity index (χ0v) is 14.8. The average molecular weight is 350 g/mol. The minimum Gasteiger partial charge on any atom is -0.325 e. The van der Waals surface area contributed by atoms with E-state index in [1.807, 2.05) is 38.1 Å². The van der Waals surface area contributed by atoms with Gasteiger partial charge >= 0.3 is 0 Å². The van der Waals surface area contributed by atoms with Gasteiger partial charge in [0.2, 0.25) is 16.9 Å². The number of carbonyl (C=O) groups excluding carboxylic acids is 2. The van der Waals surface area contributed by atoms with Crippen molar-refractivity contribution in [2.45, 2.75) is 26.0 Å². The Hall–Kier alpha value is -1.93. The van der Waals surface area contributed by atoms with E-state index in [1.165, 1.54) is 23.1 Å². The van der Waals surface area contributed by atoms with Gasteiger partial charge in [-0.25, -0.2) is 0 Å². The fraction of sp³-hybridized carbons (Fsp3) is 0.333. The molecule has 1 heterocycles. The van der Waals surface area contributed by atoms with Crippen LogP contribution in [0.3, 0.4) is 0 Å². The molecule has 23 heavy (non-hydrogen) atoms. The molecule has 0 aliphatic heterocycles. The smallest absolute Gasteiger partial charge is 0.239 e. The summed E-state index contributed by atoms with van der Waals surface area (Å²) in [6.07, 6.45) is 0. The van der Waals surface area contributed by atoms with Crippen LogP contribution in [0.5, 0.6) is 0 Å². The maximum Gasteiger partial charge on any atom is 0.239 e. The fourth-order valence-corrected chi connectivity index (χ4v) is 2.94. The Kier molecular flexibility index (Phi) is 6.12. The average Bonchev–Trinajstić information content (AvgIpc) is 2.92. The Morgan fingerprint density at radius 1 is 1.17 bits per heavy atom. The largest absolute Gasteiger partial charge is 0.325 e. The Morgan fingerprint density at radius 2 is 1.87 bits per heavy atom. The van der Waals surface area contributed by atoms with Crippen molar-refractivity contribution in [2.24, 2.45) is 0 Å². The van der Waals surface area contributed by atoms with Crippen molar-refractivity contribution in [3.63, 3.8) is 0 Å². The molecule has 0 fully saturated rings. The van der Waals surface area contributed by atoms with Crippen molar-refractivity contribution < 1.29 is 9.59 Å². The van der Waals surface area contributed by atoms with E-state index in [4.69, 9.17) is 0 Å². The van der Waals surface area contributed by atoms with Gasteiger partial charge in [-0.2, -0.15) is 0 Å². The standard InChI is InChI=1S/C15H18N4O2S2/c1-9-4-6-12(7-5-9)16-13(20)8-22-10(2)14(21)17-15-19-18-11(3)23-15/h4-7,10H,8H2,1-3H3,(H,16,20)(H,17,19,21). The highest BCUT2D eigenvalue weighted by Gasteiger charge is 2.17. The highest BCUT2D eigenvalue weighted by Crippen LogP contribution is 2.17. The number of carbonyl (C=O) groups is 2. The van der Waals surface area contributed by atoms with E-state index in [1.54, 1.807) is 6.92 Å². The first kappa shape index (κ1) is 17.4. The van der Waals surface area contributed by atoms with Crippen LogP contribution in [0.4, 0.5) is 10.8 Å². The van der Waals surface area contributed by atoms with Crippen molar-refractivity contribution in [3.8, 4) is 0 Å². The zero-order chi connectivity index (χ0) is 16.8. The van der Waals surface area contributed by atoms with E-state index in [-0.39, 0.29) is 22.8 Å². The molecule has 2 rings (SSSR count). The molecule has 1 aromatic heterocycles. The van der Waals surface area contributed by atoms with Gasteiger partial charge < -0.3 is 5.32 Å². The Morgan fingerprint density at radius 3 is 2.48 bits per heavy atom. The maximum atomic E-state index is 12.0. The molecule has 0 saturated heterocycles. The normalized spacial score (nSPS) is 11.8. The first-order valence-electron chi connectivity index (χ1n) is 7.03. The van der Waals surface area contributed by atoms with Gasteiger partial charge in [-0.15, -0.1) is 22.0 Å². The second-order valence-electron chi connectivity index (χ2n) is 4.98. The Labute approximate surface area is 143 Å². The van der Waals surface area contributed by atoms with Crippen LogP contribution in [-0.2, 0) is 9.59 Å². The third-order valence-electron chi connectivity index (χ3n) is 2.93. The predicted molar refractivity (Wildman–Crippen MR) is 95.0 cm³/mol. The van der Waals surface area contributed by atoms with Crippen LogP contribution in [0.2, 0.25) is 0 Å². The van der Waals surface area contributed by atoms with Gasteiger partial charge in [-0.05, 0) is 32.9 Å². The van der Waals surface area contributed by atoms with Gasteiger partial charge in [0.1, 0.15) is 5.01 Å². The monoisotopic (exact) mass is 350 g/mol. The van der Waals surface area contributed by atoms with Gasteiger partial charge in [-0.1, -0.05) is 29.0 Å². The number of hydrogen-bond acceptors (Lipinski definition) is 6. The lowest BCUT2D eigenvalue weighted by molar-refractivity contribution is -0.115. The fourth-order valence-electron chi connectivity index (χ4n) is 1.66. The molecule has 0 radical (unpaired) electrons. The summed E-state index contributed by atoms with van der Waals surface area (Å²) in [5.41, 5.74) is 1.89. The maximum absolute atomic E-state index is 12.0. The minimum atomic E-state index is -0.358. The van der Waals surface area contributed by atoms with Crippen LogP contribution in [-0.4, -0.2) is 33.0 Å². The highest BCUT2D eigenvalue weighted by molar-refractivity contribution is 8.01. The van der Waals surface area contributed by atoms with Crippen molar-refractivity contribution >= 4 is 45.7 Å². The van der Waals surface area contributed by atoms with Gasteiger partial charge in [0.15, 0.2) is 0 Å². The SMILES string of the molecule is Cc1ccc(NC(=O)CSC(C)C(=O)Nc2nnc(C)s2)cc1. The van der Waals surface area contributed by atoms with Crippen molar-refractivity contribution in [3.05, 3.63) is 34.8 Å². The lowest BCUT2D eigenvalue weighted by Gasteiger charge is -2.10. The van der Waals surface area contributed by atoms with Crippen LogP contribution >= 0.6 is 23.1 Å². The summed E-state index contributed by atoms with van der Waals surface area (Å²) in [6.45, 7) is 5.56. The molecule has 1 atom stereocenters. The van der Waals surface area contributed by atoms with Gasteiger partial charge in [0, 0.05) is 5.69 Å². The summed E-state index contributed by atoms with van der Waals surface area (Å²) in [5, 5.41) is 14.1. The number of rotatable bonds is 6. The third-order valence-corrected chi connectivity index (χ3v) is 4.82. The summed E-state index contributed by atoms with van der Waals surface area (Å²) in [5.74, 6) is -0.114. The number of anilines is 2. The number of nitrogens with zero attached hydrogens (tertiary/aromatic N) is 2. The number of nitrogens with one attached hydrogen (secondary N) is 2. The second-order valence-corrected chi connectivity index (χ2v) is 7.49. The van der Waals surface area contributed by atoms with E-state index >= 15 is 0 Å². The molecule has 0 spiro atoms. The molecule has 1 unspecified atom stereocenters. The topological polar surface area (TPSA) is 84.0 Å². The molecule has 0 saturated carbocycles. The van der Waals surface area contributed by atoms with E-state index in [2.05, 4.69) is 20.8 Å². The minimum absolute atomic E-state index is 0.134. The first-order chi connectivity index (χ1) is 10.9. The van der Waals surface area contributed by atoms with Gasteiger partial charge in [0.25, 0.3) is 0 Å². The van der Waals surface area contributed by atoms with Gasteiger partial charge in [-0.3, -0.25) is 14.9 Å². The first-order valence-corrected chi connectivity index (χ1v) is 8.89. The molecule has 8 heteroatoms. The Balaban J connectivity index is 1.76. The molecule has 2 N–H and O–H groups in total. The number of amides is 2. The molecule has 2 amide bonds. The number of thioether (sulfide) groups is 1. The highest BCUT2D eigenvalue weighted by atomic mass is 32.2. The van der Waals surface area contributed by atoms with Crippen molar-refractivity contribution in [2.75, 3.05) is 16.4 Å². The summed E-state index contributed by atoms with van der Waals surface area (Å²) in [7, 11) is 0. The zero-order valence-electron chi connectivity index (χ0n) is 13.1. The number of hydrogen-bond donors (Lipinski definition) is 2. The predicted octanol–water partition coefficient (Wildman–Crippen LogP) is 2.85. The second kappa shape index (κ2) is 8.07. The number of benzene rings is 1. The van der Waals surface area contributed by atoms with Crippen LogP contribution in [0.25, 0.3) is 0 Å². The summed E-state index contributed by atoms with van der Waals surface area (Å²) < 4.78 is 0. The van der Waals surface area contributed by atoms with E-state index in [0.717, 1.165) is 16.3 Å². The molecular formula is C15H18N4O2S2. The van der Waals surface area contributed by atoms with Crippen molar-refractivity contribution in [1.29, 1.82) is 0 Å². The van der Waals surface area contributed by atoms with E-state index in [0.29, 0.717) is 5.13 Å². The third kappa shape index (κ3) is 5.65. The molecular weight excluding hydrogens is 332 g/mol. The lowest BCUT2D eigenvalue weighted by Crippen LogP contribution is -2.25. The summed E-state index contributed by atoms with van der Waals surface area (Å²) in [6, 6.07) is 7.57. The molecule has 6 nitrogen and oxygen atoms in total. The van der Waals surface area contributed by atoms with Crippen molar-refractivity contribution in [1.82, 2.24) is 10.2 Å². The molecule has 1 aromatic carbocycles. The van der Waals surface area contributed by atoms with E-state index < -0.39 is 0 Å².